The molecule has 0 heterocycles. The minimum absolute atomic E-state index is 0.110. The molecule has 1 aromatic carbocycles. The third-order valence-corrected chi connectivity index (χ3v) is 3.55. The van der Waals surface area contributed by atoms with E-state index >= 15 is 0 Å². The molecule has 0 spiro atoms. The smallest absolute Gasteiger partial charge is 0.0159 e. The molecular formula is C18H20. The van der Waals surface area contributed by atoms with E-state index in [9.17, 15) is 0 Å². The molecular weight excluding hydrogens is 216 g/mol. The van der Waals surface area contributed by atoms with E-state index in [1.165, 1.54) is 22.3 Å². The quantitative estimate of drug-likeness (QED) is 0.554. The maximum atomic E-state index is 3.14. The zero-order valence-electron chi connectivity index (χ0n) is 11.6. The van der Waals surface area contributed by atoms with Gasteiger partial charge in [0.15, 0.2) is 0 Å². The predicted octanol–water partition coefficient (Wildman–Crippen LogP) is 5.04. The van der Waals surface area contributed by atoms with Gasteiger partial charge < -0.3 is 0 Å². The van der Waals surface area contributed by atoms with Crippen molar-refractivity contribution >= 4 is 5.57 Å². The van der Waals surface area contributed by atoms with Crippen LogP contribution in [0.1, 0.15) is 38.8 Å². The van der Waals surface area contributed by atoms with Gasteiger partial charge in [0.25, 0.3) is 0 Å². The van der Waals surface area contributed by atoms with Gasteiger partial charge in [-0.3, -0.25) is 0 Å². The Morgan fingerprint density at radius 3 is 2.39 bits per heavy atom. The molecule has 3 rings (SSSR count). The van der Waals surface area contributed by atoms with Gasteiger partial charge in [0.1, 0.15) is 0 Å². The van der Waals surface area contributed by atoms with Crippen molar-refractivity contribution in [3.63, 3.8) is 0 Å². The van der Waals surface area contributed by atoms with Gasteiger partial charge in [-0.2, -0.15) is 0 Å². The first-order valence-corrected chi connectivity index (χ1v) is 6.65. The highest BCUT2D eigenvalue weighted by Crippen LogP contribution is 2.49. The topological polar surface area (TPSA) is 0 Å². The molecule has 0 fully saturated rings. The van der Waals surface area contributed by atoms with Gasteiger partial charge in [0, 0.05) is 5.41 Å². The first-order valence-electron chi connectivity index (χ1n) is 6.65. The highest BCUT2D eigenvalue weighted by molar-refractivity contribution is 5.90. The van der Waals surface area contributed by atoms with Crippen molar-refractivity contribution in [3.05, 3.63) is 71.0 Å². The van der Waals surface area contributed by atoms with Crippen LogP contribution in [0.2, 0.25) is 0 Å². The summed E-state index contributed by atoms with van der Waals surface area (Å²) in [4.78, 5) is 0. The zero-order valence-corrected chi connectivity index (χ0v) is 11.6. The molecule has 0 unspecified atom stereocenters. The van der Waals surface area contributed by atoms with E-state index in [1.54, 1.807) is 0 Å². The van der Waals surface area contributed by atoms with Crippen molar-refractivity contribution in [2.45, 2.75) is 33.1 Å². The van der Waals surface area contributed by atoms with Crippen molar-refractivity contribution in [2.24, 2.45) is 0 Å². The van der Waals surface area contributed by atoms with E-state index in [0.29, 0.717) is 0 Å². The minimum Gasteiger partial charge on any atom is -0.121 e. The van der Waals surface area contributed by atoms with Crippen LogP contribution in [0.5, 0.6) is 0 Å². The van der Waals surface area contributed by atoms with Gasteiger partial charge in [-0.1, -0.05) is 52.0 Å². The van der Waals surface area contributed by atoms with Gasteiger partial charge in [0.05, 0.1) is 0 Å². The molecule has 1 aromatic rings. The lowest BCUT2D eigenvalue weighted by atomic mass is 9.82. The second-order valence-corrected chi connectivity index (χ2v) is 4.83. The van der Waals surface area contributed by atoms with Gasteiger partial charge >= 0.3 is 0 Å². The number of hydrogen-bond donors (Lipinski definition) is 0. The largest absolute Gasteiger partial charge is 0.121 e. The Bertz CT molecular complexity index is 574. The Balaban J connectivity index is 0.000000574. The average molecular weight is 236 g/mol. The van der Waals surface area contributed by atoms with Crippen molar-refractivity contribution in [1.82, 2.24) is 0 Å². The van der Waals surface area contributed by atoms with Crippen LogP contribution in [0.4, 0.5) is 0 Å². The standard InChI is InChI=1S/C16H14.C2H6/c1-16(2)14-10-5-3-4-8-12(14)13-9-6-7-11-15(13)16;1-2/h4-11H,1-2H3;1-2H3. The molecule has 0 saturated carbocycles. The lowest BCUT2D eigenvalue weighted by molar-refractivity contribution is 0.661. The molecule has 0 N–H and O–H groups in total. The molecule has 0 aromatic heterocycles. The van der Waals surface area contributed by atoms with Gasteiger partial charge in [-0.15, -0.1) is 5.73 Å². The molecule has 0 radical (unpaired) electrons. The fourth-order valence-electron chi connectivity index (χ4n) is 2.69. The lowest BCUT2D eigenvalue weighted by Crippen LogP contribution is -2.14. The molecule has 0 saturated heterocycles. The highest BCUT2D eigenvalue weighted by atomic mass is 14.4. The van der Waals surface area contributed by atoms with E-state index in [-0.39, 0.29) is 5.41 Å². The summed E-state index contributed by atoms with van der Waals surface area (Å²) >= 11 is 0. The second kappa shape index (κ2) is 4.84. The number of benzene rings is 1. The van der Waals surface area contributed by atoms with E-state index in [0.717, 1.165) is 0 Å². The molecule has 2 aliphatic carbocycles. The Labute approximate surface area is 110 Å². The van der Waals surface area contributed by atoms with E-state index in [4.69, 9.17) is 0 Å². The SMILES string of the molecule is CC.CC1(C)C2=CC=C=CC=C2c2ccccc21. The third kappa shape index (κ3) is 1.79. The summed E-state index contributed by atoms with van der Waals surface area (Å²) in [5, 5.41) is 0. The number of hydrogen-bond acceptors (Lipinski definition) is 0. The number of rotatable bonds is 0. The van der Waals surface area contributed by atoms with Crippen molar-refractivity contribution < 1.29 is 0 Å². The van der Waals surface area contributed by atoms with Crippen molar-refractivity contribution in [1.29, 1.82) is 0 Å². The van der Waals surface area contributed by atoms with E-state index < -0.39 is 0 Å². The lowest BCUT2D eigenvalue weighted by Gasteiger charge is -2.21. The normalized spacial score (nSPS) is 17.8. The maximum absolute atomic E-state index is 3.14. The van der Waals surface area contributed by atoms with E-state index in [1.807, 2.05) is 26.0 Å². The van der Waals surface area contributed by atoms with Crippen LogP contribution in [0, 0.1) is 0 Å². The summed E-state index contributed by atoms with van der Waals surface area (Å²) < 4.78 is 0. The third-order valence-electron chi connectivity index (χ3n) is 3.55. The monoisotopic (exact) mass is 236 g/mol. The van der Waals surface area contributed by atoms with E-state index in [2.05, 4.69) is 56.0 Å². The van der Waals surface area contributed by atoms with Crippen LogP contribution < -0.4 is 0 Å². The average Bonchev–Trinajstić information content (AvgIpc) is 2.59. The predicted molar refractivity (Wildman–Crippen MR) is 79.5 cm³/mol. The summed E-state index contributed by atoms with van der Waals surface area (Å²) in [6.45, 7) is 8.58. The first kappa shape index (κ1) is 12.7. The molecule has 0 bridgehead atoms. The Morgan fingerprint density at radius 1 is 0.944 bits per heavy atom. The fraction of sp³-hybridized carbons (Fsp3) is 0.278. The van der Waals surface area contributed by atoms with Crippen LogP contribution in [0.3, 0.4) is 0 Å². The van der Waals surface area contributed by atoms with Gasteiger partial charge in [0.2, 0.25) is 0 Å². The number of fused-ring (bicyclic) bond motifs is 3. The van der Waals surface area contributed by atoms with Crippen LogP contribution in [-0.2, 0) is 5.41 Å². The maximum Gasteiger partial charge on any atom is 0.0159 e. The minimum atomic E-state index is 0.110. The molecule has 0 atom stereocenters. The summed E-state index contributed by atoms with van der Waals surface area (Å²) in [5.74, 6) is 0. The summed E-state index contributed by atoms with van der Waals surface area (Å²) in [7, 11) is 0. The Kier molecular flexibility index (Phi) is 3.41. The number of allylic oxidation sites excluding steroid dienone is 5. The van der Waals surface area contributed by atoms with Crippen molar-refractivity contribution in [2.75, 3.05) is 0 Å². The Hall–Kier alpha value is -1.78. The van der Waals surface area contributed by atoms with Crippen molar-refractivity contribution in [3.8, 4) is 0 Å². The zero-order chi connectivity index (χ0) is 13.2. The fourth-order valence-corrected chi connectivity index (χ4v) is 2.69. The summed E-state index contributed by atoms with van der Waals surface area (Å²) in [6, 6.07) is 8.68. The summed E-state index contributed by atoms with van der Waals surface area (Å²) in [5.41, 5.74) is 8.79. The van der Waals surface area contributed by atoms with Crippen LogP contribution in [0.15, 0.2) is 59.9 Å². The van der Waals surface area contributed by atoms with Gasteiger partial charge in [-0.05, 0) is 46.6 Å². The van der Waals surface area contributed by atoms with Crippen LogP contribution in [0.25, 0.3) is 5.57 Å². The molecule has 92 valence electrons. The second-order valence-electron chi connectivity index (χ2n) is 4.83. The summed E-state index contributed by atoms with van der Waals surface area (Å²) in [6.07, 6.45) is 8.36. The molecule has 18 heavy (non-hydrogen) atoms. The van der Waals surface area contributed by atoms with Crippen LogP contribution >= 0.6 is 0 Å². The highest BCUT2D eigenvalue weighted by Gasteiger charge is 2.37. The van der Waals surface area contributed by atoms with Crippen LogP contribution in [-0.4, -0.2) is 0 Å². The molecule has 0 heteroatoms. The van der Waals surface area contributed by atoms with Gasteiger partial charge in [-0.25, -0.2) is 0 Å². The molecule has 2 aliphatic rings. The molecule has 0 nitrogen and oxygen atoms in total. The first-order chi connectivity index (χ1) is 8.71. The molecule has 0 amide bonds. The Morgan fingerprint density at radius 2 is 1.61 bits per heavy atom. The molecule has 0 aliphatic heterocycles.